The second kappa shape index (κ2) is 6.21. The standard InChI is InChI=1S/C14H16ClNOS/c1-10-4-3-5-11(2)14(10)17-7-6-13-16-12(8-15)9-18-13/h3-5,9H,6-8H2,1-2H3. The number of ether oxygens (including phenoxy) is 1. The van der Waals surface area contributed by atoms with Crippen LogP contribution in [-0.4, -0.2) is 11.6 Å². The Hall–Kier alpha value is -1.06. The summed E-state index contributed by atoms with van der Waals surface area (Å²) in [4.78, 5) is 4.41. The first-order valence-corrected chi connectivity index (χ1v) is 7.30. The summed E-state index contributed by atoms with van der Waals surface area (Å²) in [6, 6.07) is 6.18. The number of aryl methyl sites for hydroxylation is 2. The summed E-state index contributed by atoms with van der Waals surface area (Å²) in [7, 11) is 0. The molecule has 0 radical (unpaired) electrons. The molecular formula is C14H16ClNOS. The van der Waals surface area contributed by atoms with Gasteiger partial charge in [-0.1, -0.05) is 18.2 Å². The fraction of sp³-hybridized carbons (Fsp3) is 0.357. The van der Waals surface area contributed by atoms with Crippen LogP contribution in [0.25, 0.3) is 0 Å². The number of nitrogens with zero attached hydrogens (tertiary/aromatic N) is 1. The molecule has 2 nitrogen and oxygen atoms in total. The van der Waals surface area contributed by atoms with Gasteiger partial charge in [-0.3, -0.25) is 0 Å². The molecule has 1 aromatic heterocycles. The van der Waals surface area contributed by atoms with Crippen molar-refractivity contribution >= 4 is 22.9 Å². The van der Waals surface area contributed by atoms with Gasteiger partial charge in [0, 0.05) is 11.8 Å². The zero-order valence-corrected chi connectivity index (χ0v) is 12.1. The minimum atomic E-state index is 0.480. The minimum absolute atomic E-state index is 0.480. The molecule has 96 valence electrons. The Labute approximate surface area is 117 Å². The molecule has 0 unspecified atom stereocenters. The number of hydrogen-bond donors (Lipinski definition) is 0. The first kappa shape index (κ1) is 13.4. The highest BCUT2D eigenvalue weighted by Gasteiger charge is 2.05. The normalized spacial score (nSPS) is 10.6. The Kier molecular flexibility index (Phi) is 4.61. The summed E-state index contributed by atoms with van der Waals surface area (Å²) in [6.07, 6.45) is 0.829. The van der Waals surface area contributed by atoms with Crippen molar-refractivity contribution in [3.63, 3.8) is 0 Å². The molecule has 2 rings (SSSR count). The van der Waals surface area contributed by atoms with Crippen LogP contribution in [0.4, 0.5) is 0 Å². The molecule has 0 aliphatic heterocycles. The quantitative estimate of drug-likeness (QED) is 0.769. The third kappa shape index (κ3) is 3.24. The average molecular weight is 282 g/mol. The van der Waals surface area contributed by atoms with Gasteiger partial charge in [0.2, 0.25) is 0 Å². The van der Waals surface area contributed by atoms with Crippen molar-refractivity contribution in [2.24, 2.45) is 0 Å². The van der Waals surface area contributed by atoms with Crippen LogP contribution in [0.3, 0.4) is 0 Å². The lowest BCUT2D eigenvalue weighted by molar-refractivity contribution is 0.317. The van der Waals surface area contributed by atoms with Crippen LogP contribution in [0.15, 0.2) is 23.6 Å². The SMILES string of the molecule is Cc1cccc(C)c1OCCc1nc(CCl)cs1. The van der Waals surface area contributed by atoms with Crippen molar-refractivity contribution in [1.29, 1.82) is 0 Å². The van der Waals surface area contributed by atoms with E-state index in [0.29, 0.717) is 12.5 Å². The number of hydrogen-bond acceptors (Lipinski definition) is 3. The number of alkyl halides is 1. The molecule has 0 bridgehead atoms. The van der Waals surface area contributed by atoms with Gasteiger partial charge < -0.3 is 4.74 Å². The van der Waals surface area contributed by atoms with E-state index in [4.69, 9.17) is 16.3 Å². The fourth-order valence-electron chi connectivity index (χ4n) is 1.79. The molecular weight excluding hydrogens is 266 g/mol. The number of para-hydroxylation sites is 1. The van der Waals surface area contributed by atoms with Crippen LogP contribution >= 0.6 is 22.9 Å². The van der Waals surface area contributed by atoms with E-state index in [-0.39, 0.29) is 0 Å². The van der Waals surface area contributed by atoms with Gasteiger partial charge in [-0.05, 0) is 25.0 Å². The van der Waals surface area contributed by atoms with Gasteiger partial charge in [-0.2, -0.15) is 0 Å². The van der Waals surface area contributed by atoms with Gasteiger partial charge in [-0.15, -0.1) is 22.9 Å². The van der Waals surface area contributed by atoms with E-state index < -0.39 is 0 Å². The van der Waals surface area contributed by atoms with E-state index >= 15 is 0 Å². The van der Waals surface area contributed by atoms with Crippen LogP contribution in [0.5, 0.6) is 5.75 Å². The maximum atomic E-state index is 5.85. The molecule has 0 aliphatic carbocycles. The summed E-state index contributed by atoms with van der Waals surface area (Å²) in [5.74, 6) is 1.47. The van der Waals surface area contributed by atoms with Gasteiger partial charge in [0.15, 0.2) is 0 Å². The molecule has 18 heavy (non-hydrogen) atoms. The summed E-state index contributed by atoms with van der Waals surface area (Å²) in [6.45, 7) is 4.79. The minimum Gasteiger partial charge on any atom is -0.493 e. The van der Waals surface area contributed by atoms with Gasteiger partial charge in [0.05, 0.1) is 23.2 Å². The largest absolute Gasteiger partial charge is 0.493 e. The lowest BCUT2D eigenvalue weighted by Crippen LogP contribution is -2.03. The topological polar surface area (TPSA) is 22.1 Å². The Balaban J connectivity index is 1.92. The van der Waals surface area contributed by atoms with E-state index in [0.717, 1.165) is 22.9 Å². The summed E-state index contributed by atoms with van der Waals surface area (Å²) < 4.78 is 5.85. The van der Waals surface area contributed by atoms with Crippen LogP contribution < -0.4 is 4.74 Å². The molecule has 1 aromatic carbocycles. The van der Waals surface area contributed by atoms with E-state index in [2.05, 4.69) is 31.0 Å². The molecule has 4 heteroatoms. The Bertz CT molecular complexity index is 504. The molecule has 2 aromatic rings. The van der Waals surface area contributed by atoms with Crippen molar-refractivity contribution in [2.75, 3.05) is 6.61 Å². The number of benzene rings is 1. The van der Waals surface area contributed by atoms with Crippen molar-refractivity contribution in [3.8, 4) is 5.75 Å². The molecule has 1 heterocycles. The molecule has 0 spiro atoms. The van der Waals surface area contributed by atoms with Gasteiger partial charge >= 0.3 is 0 Å². The molecule has 0 fully saturated rings. The van der Waals surface area contributed by atoms with Crippen molar-refractivity contribution in [1.82, 2.24) is 4.98 Å². The van der Waals surface area contributed by atoms with Crippen LogP contribution in [-0.2, 0) is 12.3 Å². The zero-order valence-electron chi connectivity index (χ0n) is 10.6. The Morgan fingerprint density at radius 1 is 1.28 bits per heavy atom. The van der Waals surface area contributed by atoms with Crippen LogP contribution in [0.1, 0.15) is 21.8 Å². The number of halogens is 1. The number of aromatic nitrogens is 1. The first-order chi connectivity index (χ1) is 8.70. The zero-order chi connectivity index (χ0) is 13.0. The van der Waals surface area contributed by atoms with Crippen LogP contribution in [0.2, 0.25) is 0 Å². The predicted octanol–water partition coefficient (Wildman–Crippen LogP) is 4.12. The van der Waals surface area contributed by atoms with E-state index in [9.17, 15) is 0 Å². The highest BCUT2D eigenvalue weighted by molar-refractivity contribution is 7.09. The second-order valence-corrected chi connectivity index (χ2v) is 5.40. The molecule has 0 amide bonds. The van der Waals surface area contributed by atoms with Crippen LogP contribution in [0, 0.1) is 13.8 Å². The summed E-state index contributed by atoms with van der Waals surface area (Å²) in [5.41, 5.74) is 3.30. The molecule has 0 saturated heterocycles. The van der Waals surface area contributed by atoms with Gasteiger partial charge in [0.1, 0.15) is 5.75 Å². The van der Waals surface area contributed by atoms with E-state index in [1.807, 2.05) is 11.4 Å². The predicted molar refractivity (Wildman–Crippen MR) is 76.8 cm³/mol. The Morgan fingerprint density at radius 2 is 2.00 bits per heavy atom. The molecule has 0 N–H and O–H groups in total. The maximum absolute atomic E-state index is 5.85. The monoisotopic (exact) mass is 281 g/mol. The molecule has 0 aliphatic rings. The van der Waals surface area contributed by atoms with E-state index in [1.165, 1.54) is 11.1 Å². The summed E-state index contributed by atoms with van der Waals surface area (Å²) >= 11 is 7.37. The van der Waals surface area contributed by atoms with Gasteiger partial charge in [0.25, 0.3) is 0 Å². The third-order valence-electron chi connectivity index (χ3n) is 2.71. The van der Waals surface area contributed by atoms with Gasteiger partial charge in [-0.25, -0.2) is 4.98 Å². The molecule has 0 saturated carbocycles. The lowest BCUT2D eigenvalue weighted by Gasteiger charge is -2.10. The third-order valence-corrected chi connectivity index (χ3v) is 3.94. The smallest absolute Gasteiger partial charge is 0.125 e. The van der Waals surface area contributed by atoms with E-state index in [1.54, 1.807) is 11.3 Å². The molecule has 0 atom stereocenters. The maximum Gasteiger partial charge on any atom is 0.125 e. The number of rotatable bonds is 5. The summed E-state index contributed by atoms with van der Waals surface area (Å²) in [5, 5.41) is 3.08. The van der Waals surface area contributed by atoms with Crippen molar-refractivity contribution < 1.29 is 4.74 Å². The fourth-order valence-corrected chi connectivity index (χ4v) is 2.80. The lowest BCUT2D eigenvalue weighted by atomic mass is 10.1. The Morgan fingerprint density at radius 3 is 2.61 bits per heavy atom. The highest BCUT2D eigenvalue weighted by atomic mass is 35.5. The van der Waals surface area contributed by atoms with Crippen molar-refractivity contribution in [3.05, 3.63) is 45.4 Å². The highest BCUT2D eigenvalue weighted by Crippen LogP contribution is 2.22. The first-order valence-electron chi connectivity index (χ1n) is 5.89. The second-order valence-electron chi connectivity index (χ2n) is 4.19. The number of thiazole rings is 1. The van der Waals surface area contributed by atoms with Crippen molar-refractivity contribution in [2.45, 2.75) is 26.1 Å². The average Bonchev–Trinajstić information content (AvgIpc) is 2.81.